The van der Waals surface area contributed by atoms with E-state index >= 15 is 0 Å². The van der Waals surface area contributed by atoms with Crippen LogP contribution in [0.25, 0.3) is 0 Å². The Balaban J connectivity index is 1.59. The first-order chi connectivity index (χ1) is 16.9. The topological polar surface area (TPSA) is 153 Å². The molecule has 0 spiro atoms. The number of ether oxygens (including phenoxy) is 3. The minimum Gasteiger partial charge on any atom is -0.494 e. The van der Waals surface area contributed by atoms with E-state index in [1.165, 1.54) is 43.7 Å². The van der Waals surface area contributed by atoms with E-state index in [4.69, 9.17) is 24.4 Å². The van der Waals surface area contributed by atoms with Crippen LogP contribution in [-0.4, -0.2) is 69.3 Å². The Kier molecular flexibility index (Phi) is 8.69. The standard InChI is InChI=1S/C21H24F2N6O6/c1-33-16-3-17(34-2)20(23)15(19(16)22)11-35-14-5-24-21(25-6-14)28-12-4-26-29(7-12)8-18(32)27-13(9-30)10-31/h3-7,13,30-31H,8-11H2,1-2H3,(H,27,32)(H,24,25,28). The van der Waals surface area contributed by atoms with Gasteiger partial charge in [0.2, 0.25) is 11.9 Å². The molecule has 1 amide bonds. The van der Waals surface area contributed by atoms with E-state index in [0.717, 1.165) is 6.07 Å². The number of anilines is 2. The molecule has 3 rings (SSSR count). The molecular formula is C21H24F2N6O6. The van der Waals surface area contributed by atoms with Gasteiger partial charge < -0.3 is 35.1 Å². The molecule has 0 aliphatic heterocycles. The van der Waals surface area contributed by atoms with Crippen molar-refractivity contribution in [2.24, 2.45) is 0 Å². The molecule has 2 aromatic heterocycles. The second kappa shape index (κ2) is 11.9. The number of halogens is 2. The summed E-state index contributed by atoms with van der Waals surface area (Å²) >= 11 is 0. The summed E-state index contributed by atoms with van der Waals surface area (Å²) in [7, 11) is 2.50. The molecule has 1 aromatic carbocycles. The second-order valence-electron chi connectivity index (χ2n) is 7.10. The zero-order valence-corrected chi connectivity index (χ0v) is 18.9. The van der Waals surface area contributed by atoms with Crippen LogP contribution in [0.2, 0.25) is 0 Å². The molecule has 14 heteroatoms. The van der Waals surface area contributed by atoms with Gasteiger partial charge in [-0.25, -0.2) is 18.7 Å². The maximum Gasteiger partial charge on any atom is 0.242 e. The summed E-state index contributed by atoms with van der Waals surface area (Å²) in [6, 6.07) is 0.358. The quantitative estimate of drug-likeness (QED) is 0.284. The molecule has 0 unspecified atom stereocenters. The molecule has 0 aliphatic rings. The van der Waals surface area contributed by atoms with E-state index in [9.17, 15) is 13.6 Å². The number of rotatable bonds is 12. The number of hydrogen-bond acceptors (Lipinski definition) is 10. The Labute approximate surface area is 198 Å². The molecule has 4 N–H and O–H groups in total. The smallest absolute Gasteiger partial charge is 0.242 e. The second-order valence-corrected chi connectivity index (χ2v) is 7.10. The van der Waals surface area contributed by atoms with Gasteiger partial charge in [0.25, 0.3) is 0 Å². The number of carbonyl (C=O) groups is 1. The van der Waals surface area contributed by atoms with Crippen LogP contribution in [0, 0.1) is 11.6 Å². The molecule has 0 aliphatic carbocycles. The number of benzene rings is 1. The highest BCUT2D eigenvalue weighted by molar-refractivity contribution is 5.76. The lowest BCUT2D eigenvalue weighted by atomic mass is 10.1. The average molecular weight is 494 g/mol. The third-order valence-corrected chi connectivity index (χ3v) is 4.68. The number of methoxy groups -OCH3 is 2. The molecule has 188 valence electrons. The Hall–Kier alpha value is -4.04. The Bertz CT molecular complexity index is 1110. The van der Waals surface area contributed by atoms with Gasteiger partial charge in [-0.3, -0.25) is 9.48 Å². The number of amides is 1. The summed E-state index contributed by atoms with van der Waals surface area (Å²) in [5, 5.41) is 27.4. The maximum atomic E-state index is 14.4. The average Bonchev–Trinajstić information content (AvgIpc) is 3.30. The van der Waals surface area contributed by atoms with Crippen LogP contribution in [0.5, 0.6) is 17.2 Å². The van der Waals surface area contributed by atoms with Crippen molar-refractivity contribution in [3.05, 3.63) is 48.1 Å². The van der Waals surface area contributed by atoms with Crippen molar-refractivity contribution < 1.29 is 38.0 Å². The van der Waals surface area contributed by atoms with Gasteiger partial charge in [0, 0.05) is 12.3 Å². The summed E-state index contributed by atoms with van der Waals surface area (Å²) in [5.74, 6) is -2.27. The van der Waals surface area contributed by atoms with Gasteiger partial charge >= 0.3 is 0 Å². The van der Waals surface area contributed by atoms with E-state index in [1.807, 2.05) is 0 Å². The number of hydrogen-bond donors (Lipinski definition) is 4. The lowest BCUT2D eigenvalue weighted by Crippen LogP contribution is -2.41. The number of aliphatic hydroxyl groups excluding tert-OH is 2. The van der Waals surface area contributed by atoms with Crippen molar-refractivity contribution in [1.82, 2.24) is 25.1 Å². The highest BCUT2D eigenvalue weighted by atomic mass is 19.1. The van der Waals surface area contributed by atoms with Crippen molar-refractivity contribution in [3.8, 4) is 17.2 Å². The van der Waals surface area contributed by atoms with Crippen molar-refractivity contribution in [2.75, 3.05) is 32.8 Å². The summed E-state index contributed by atoms with van der Waals surface area (Å²) in [4.78, 5) is 20.1. The van der Waals surface area contributed by atoms with E-state index in [2.05, 4.69) is 25.7 Å². The van der Waals surface area contributed by atoms with Crippen LogP contribution in [0.3, 0.4) is 0 Å². The summed E-state index contributed by atoms with van der Waals surface area (Å²) in [6.45, 7) is -1.36. The first-order valence-electron chi connectivity index (χ1n) is 10.2. The molecule has 12 nitrogen and oxygen atoms in total. The number of aromatic nitrogens is 4. The number of carbonyl (C=O) groups excluding carboxylic acids is 1. The molecule has 2 heterocycles. The monoisotopic (exact) mass is 494 g/mol. The molecule has 3 aromatic rings. The minimum atomic E-state index is -0.904. The van der Waals surface area contributed by atoms with Crippen LogP contribution >= 0.6 is 0 Å². The summed E-state index contributed by atoms with van der Waals surface area (Å²) < 4.78 is 45.4. The lowest BCUT2D eigenvalue weighted by molar-refractivity contribution is -0.123. The third kappa shape index (κ3) is 6.51. The summed E-state index contributed by atoms with van der Waals surface area (Å²) in [5.41, 5.74) is 0.115. The van der Waals surface area contributed by atoms with Crippen LogP contribution in [-0.2, 0) is 17.9 Å². The van der Waals surface area contributed by atoms with Gasteiger partial charge in [0.1, 0.15) is 13.2 Å². The largest absolute Gasteiger partial charge is 0.494 e. The van der Waals surface area contributed by atoms with Crippen molar-refractivity contribution in [2.45, 2.75) is 19.2 Å². The first-order valence-corrected chi connectivity index (χ1v) is 10.2. The molecule has 0 saturated carbocycles. The molecule has 0 saturated heterocycles. The normalized spacial score (nSPS) is 10.8. The van der Waals surface area contributed by atoms with Crippen molar-refractivity contribution in [1.29, 1.82) is 0 Å². The molecule has 0 fully saturated rings. The van der Waals surface area contributed by atoms with E-state index < -0.39 is 30.2 Å². The SMILES string of the molecule is COc1cc(OC)c(F)c(COc2cnc(Nc3cnn(CC(=O)NC(CO)CO)c3)nc2)c1F. The molecule has 0 bridgehead atoms. The predicted molar refractivity (Wildman–Crippen MR) is 117 cm³/mol. The Morgan fingerprint density at radius 1 is 1.09 bits per heavy atom. The zero-order chi connectivity index (χ0) is 25.4. The van der Waals surface area contributed by atoms with Crippen molar-refractivity contribution >= 4 is 17.5 Å². The first kappa shape index (κ1) is 25.6. The van der Waals surface area contributed by atoms with Gasteiger partial charge in [-0.1, -0.05) is 0 Å². The fourth-order valence-corrected chi connectivity index (χ4v) is 2.89. The van der Waals surface area contributed by atoms with E-state index in [0.29, 0.717) is 5.69 Å². The fraction of sp³-hybridized carbons (Fsp3) is 0.333. The molecule has 0 radical (unpaired) electrons. The van der Waals surface area contributed by atoms with Gasteiger partial charge in [0.05, 0.1) is 63.3 Å². The van der Waals surface area contributed by atoms with Gasteiger partial charge in [-0.05, 0) is 0 Å². The molecular weight excluding hydrogens is 470 g/mol. The van der Waals surface area contributed by atoms with Crippen LogP contribution < -0.4 is 24.8 Å². The van der Waals surface area contributed by atoms with Gasteiger partial charge in [-0.2, -0.15) is 5.10 Å². The van der Waals surface area contributed by atoms with E-state index in [-0.39, 0.29) is 48.5 Å². The highest BCUT2D eigenvalue weighted by Crippen LogP contribution is 2.32. The van der Waals surface area contributed by atoms with Crippen LogP contribution in [0.15, 0.2) is 30.9 Å². The zero-order valence-electron chi connectivity index (χ0n) is 18.9. The van der Waals surface area contributed by atoms with Gasteiger partial charge in [0.15, 0.2) is 28.9 Å². The lowest BCUT2D eigenvalue weighted by Gasteiger charge is -2.13. The maximum absolute atomic E-state index is 14.4. The number of aliphatic hydroxyl groups is 2. The van der Waals surface area contributed by atoms with Crippen molar-refractivity contribution in [3.63, 3.8) is 0 Å². The Morgan fingerprint density at radius 2 is 1.71 bits per heavy atom. The molecule has 35 heavy (non-hydrogen) atoms. The van der Waals surface area contributed by atoms with E-state index in [1.54, 1.807) is 0 Å². The minimum absolute atomic E-state index is 0.131. The number of nitrogens with zero attached hydrogens (tertiary/aromatic N) is 4. The summed E-state index contributed by atoms with van der Waals surface area (Å²) in [6.07, 6.45) is 5.59. The van der Waals surface area contributed by atoms with Crippen LogP contribution in [0.1, 0.15) is 5.56 Å². The molecule has 0 atom stereocenters. The highest BCUT2D eigenvalue weighted by Gasteiger charge is 2.20. The third-order valence-electron chi connectivity index (χ3n) is 4.68. The number of nitrogens with one attached hydrogen (secondary N) is 2. The fourth-order valence-electron chi connectivity index (χ4n) is 2.89. The predicted octanol–water partition coefficient (Wildman–Crippen LogP) is 0.760. The Morgan fingerprint density at radius 3 is 2.29 bits per heavy atom. The van der Waals surface area contributed by atoms with Crippen LogP contribution in [0.4, 0.5) is 20.4 Å². The van der Waals surface area contributed by atoms with Gasteiger partial charge in [-0.15, -0.1) is 0 Å².